The van der Waals surface area contributed by atoms with Gasteiger partial charge in [0.2, 0.25) is 0 Å². The third kappa shape index (κ3) is 3.39. The highest BCUT2D eigenvalue weighted by Crippen LogP contribution is 2.13. The normalized spacial score (nSPS) is 10.2. The summed E-state index contributed by atoms with van der Waals surface area (Å²) in [5.41, 5.74) is 0. The van der Waals surface area contributed by atoms with Gasteiger partial charge in [0.1, 0.15) is 11.6 Å². The molecule has 0 spiro atoms. The van der Waals surface area contributed by atoms with Crippen molar-refractivity contribution in [2.75, 3.05) is 17.2 Å². The Labute approximate surface area is 104 Å². The molecule has 2 N–H and O–H groups in total. The third-order valence-corrected chi connectivity index (χ3v) is 3.02. The predicted octanol–water partition coefficient (Wildman–Crippen LogP) is 2.29. The number of thiazole rings is 1. The van der Waals surface area contributed by atoms with E-state index in [2.05, 4.69) is 25.6 Å². The van der Waals surface area contributed by atoms with Gasteiger partial charge in [-0.3, -0.25) is 4.98 Å². The molecule has 2 aromatic heterocycles. The molecule has 0 aliphatic carbocycles. The van der Waals surface area contributed by atoms with Crippen molar-refractivity contribution in [3.63, 3.8) is 0 Å². The van der Waals surface area contributed by atoms with E-state index < -0.39 is 0 Å². The van der Waals surface area contributed by atoms with Crippen LogP contribution < -0.4 is 10.6 Å². The van der Waals surface area contributed by atoms with Gasteiger partial charge >= 0.3 is 0 Å². The molecule has 0 bridgehead atoms. The fourth-order valence-electron chi connectivity index (χ4n) is 1.38. The van der Waals surface area contributed by atoms with E-state index in [0.29, 0.717) is 0 Å². The quantitative estimate of drug-likeness (QED) is 0.851. The Morgan fingerprint density at radius 1 is 1.18 bits per heavy atom. The summed E-state index contributed by atoms with van der Waals surface area (Å²) >= 11 is 1.68. The second kappa shape index (κ2) is 5.58. The monoisotopic (exact) mass is 249 g/mol. The molecule has 0 fully saturated rings. The topological polar surface area (TPSA) is 62.7 Å². The maximum atomic E-state index is 4.38. The molecule has 0 aliphatic heterocycles. The molecule has 0 saturated carbocycles. The molecule has 2 heterocycles. The molecule has 17 heavy (non-hydrogen) atoms. The molecule has 90 valence electrons. The van der Waals surface area contributed by atoms with Crippen molar-refractivity contribution < 1.29 is 0 Å². The first-order chi connectivity index (χ1) is 8.28. The lowest BCUT2D eigenvalue weighted by molar-refractivity contribution is 1.08. The second-order valence-electron chi connectivity index (χ2n) is 3.52. The Morgan fingerprint density at radius 3 is 2.59 bits per heavy atom. The molecule has 0 aliphatic rings. The molecule has 0 amide bonds. The number of hydrogen-bond acceptors (Lipinski definition) is 6. The molecular weight excluding hydrogens is 234 g/mol. The van der Waals surface area contributed by atoms with E-state index >= 15 is 0 Å². The summed E-state index contributed by atoms with van der Waals surface area (Å²) in [5.74, 6) is 1.56. The average molecular weight is 249 g/mol. The summed E-state index contributed by atoms with van der Waals surface area (Å²) in [6.45, 7) is 5.60. The summed E-state index contributed by atoms with van der Waals surface area (Å²) in [7, 11) is 0. The van der Waals surface area contributed by atoms with Crippen LogP contribution in [0, 0.1) is 6.92 Å². The number of aryl methyl sites for hydroxylation is 1. The van der Waals surface area contributed by atoms with E-state index in [1.54, 1.807) is 23.7 Å². The van der Waals surface area contributed by atoms with Gasteiger partial charge in [-0.1, -0.05) is 0 Å². The van der Waals surface area contributed by atoms with Gasteiger partial charge in [-0.15, -0.1) is 11.3 Å². The maximum absolute atomic E-state index is 4.38. The zero-order chi connectivity index (χ0) is 12.1. The molecule has 0 radical (unpaired) electrons. The summed E-state index contributed by atoms with van der Waals surface area (Å²) in [6.07, 6.45) is 5.31. The zero-order valence-electron chi connectivity index (χ0n) is 9.90. The summed E-state index contributed by atoms with van der Waals surface area (Å²) < 4.78 is 0. The number of nitrogens with one attached hydrogen (secondary N) is 2. The minimum Gasteiger partial charge on any atom is -0.369 e. The van der Waals surface area contributed by atoms with E-state index in [1.165, 1.54) is 4.88 Å². The van der Waals surface area contributed by atoms with Crippen molar-refractivity contribution >= 4 is 23.0 Å². The zero-order valence-corrected chi connectivity index (χ0v) is 10.7. The molecule has 0 unspecified atom stereocenters. The van der Waals surface area contributed by atoms with Crippen molar-refractivity contribution in [1.29, 1.82) is 0 Å². The number of rotatable bonds is 5. The van der Waals surface area contributed by atoms with Gasteiger partial charge in [0.15, 0.2) is 0 Å². The van der Waals surface area contributed by atoms with Crippen LogP contribution in [0.3, 0.4) is 0 Å². The summed E-state index contributed by atoms with van der Waals surface area (Å²) in [4.78, 5) is 13.9. The minimum atomic E-state index is 0.732. The maximum Gasteiger partial charge on any atom is 0.147 e. The van der Waals surface area contributed by atoms with Crippen LogP contribution in [-0.4, -0.2) is 21.5 Å². The van der Waals surface area contributed by atoms with Crippen molar-refractivity contribution in [2.45, 2.75) is 20.4 Å². The van der Waals surface area contributed by atoms with Gasteiger partial charge in [0, 0.05) is 17.6 Å². The van der Waals surface area contributed by atoms with Gasteiger partial charge in [-0.05, 0) is 13.8 Å². The van der Waals surface area contributed by atoms with Crippen LogP contribution in [0.1, 0.15) is 16.8 Å². The lowest BCUT2D eigenvalue weighted by atomic mass is 10.5. The molecule has 6 heteroatoms. The van der Waals surface area contributed by atoms with Crippen LogP contribution in [0.5, 0.6) is 0 Å². The van der Waals surface area contributed by atoms with Gasteiger partial charge in [0.25, 0.3) is 0 Å². The number of nitrogens with zero attached hydrogens (tertiary/aromatic N) is 3. The van der Waals surface area contributed by atoms with E-state index in [0.717, 1.165) is 29.7 Å². The van der Waals surface area contributed by atoms with Crippen LogP contribution in [0.25, 0.3) is 0 Å². The first-order valence-electron chi connectivity index (χ1n) is 5.49. The smallest absolute Gasteiger partial charge is 0.147 e. The average Bonchev–Trinajstić information content (AvgIpc) is 2.74. The second-order valence-corrected chi connectivity index (χ2v) is 4.84. The van der Waals surface area contributed by atoms with Crippen molar-refractivity contribution in [3.05, 3.63) is 28.5 Å². The first kappa shape index (κ1) is 11.8. The molecule has 2 aromatic rings. The Morgan fingerprint density at radius 2 is 1.94 bits per heavy atom. The molecule has 5 nitrogen and oxygen atoms in total. The van der Waals surface area contributed by atoms with Crippen LogP contribution in [0.2, 0.25) is 0 Å². The Hall–Kier alpha value is -1.69. The highest BCUT2D eigenvalue weighted by atomic mass is 32.1. The third-order valence-electron chi connectivity index (χ3n) is 2.11. The van der Waals surface area contributed by atoms with E-state index in [4.69, 9.17) is 0 Å². The van der Waals surface area contributed by atoms with Crippen molar-refractivity contribution in [3.8, 4) is 0 Å². The fraction of sp³-hybridized carbons (Fsp3) is 0.364. The van der Waals surface area contributed by atoms with Crippen molar-refractivity contribution in [1.82, 2.24) is 15.0 Å². The molecule has 0 aromatic carbocycles. The highest BCUT2D eigenvalue weighted by molar-refractivity contribution is 7.11. The lowest BCUT2D eigenvalue weighted by Crippen LogP contribution is -2.04. The van der Waals surface area contributed by atoms with Crippen LogP contribution in [-0.2, 0) is 6.54 Å². The van der Waals surface area contributed by atoms with Crippen LogP contribution >= 0.6 is 11.3 Å². The molecule has 2 rings (SSSR count). The summed E-state index contributed by atoms with van der Waals surface area (Å²) in [5, 5.41) is 7.43. The van der Waals surface area contributed by atoms with Gasteiger partial charge < -0.3 is 10.6 Å². The highest BCUT2D eigenvalue weighted by Gasteiger charge is 2.00. The van der Waals surface area contributed by atoms with E-state index in [-0.39, 0.29) is 0 Å². The van der Waals surface area contributed by atoms with Gasteiger partial charge in [0.05, 0.1) is 23.9 Å². The molecule has 0 atom stereocenters. The minimum absolute atomic E-state index is 0.732. The molecule has 0 saturated heterocycles. The largest absolute Gasteiger partial charge is 0.369 e. The van der Waals surface area contributed by atoms with Crippen molar-refractivity contribution in [2.24, 2.45) is 0 Å². The first-order valence-corrected chi connectivity index (χ1v) is 6.30. The Kier molecular flexibility index (Phi) is 3.87. The number of anilines is 2. The fourth-order valence-corrected chi connectivity index (χ4v) is 2.12. The Bertz CT molecular complexity index is 482. The summed E-state index contributed by atoms with van der Waals surface area (Å²) in [6, 6.07) is 0. The van der Waals surface area contributed by atoms with Gasteiger partial charge in [-0.25, -0.2) is 9.97 Å². The molecular formula is C11H15N5S. The number of hydrogen-bond donors (Lipinski definition) is 2. The standard InChI is InChI=1S/C11H15N5S/c1-3-13-10-6-12-7-11(16-10)15-5-9-4-14-8(2)17-9/h4,6-7H,3,5H2,1-2H3,(H2,13,15,16). The van der Waals surface area contributed by atoms with Crippen LogP contribution in [0.15, 0.2) is 18.6 Å². The Balaban J connectivity index is 1.96. The van der Waals surface area contributed by atoms with Crippen LogP contribution in [0.4, 0.5) is 11.6 Å². The van der Waals surface area contributed by atoms with E-state index in [9.17, 15) is 0 Å². The lowest BCUT2D eigenvalue weighted by Gasteiger charge is -2.06. The predicted molar refractivity (Wildman–Crippen MR) is 70.4 cm³/mol. The SMILES string of the molecule is CCNc1cncc(NCc2cnc(C)s2)n1. The van der Waals surface area contributed by atoms with Gasteiger partial charge in [-0.2, -0.15) is 0 Å². The van der Waals surface area contributed by atoms with E-state index in [1.807, 2.05) is 20.0 Å². The number of aromatic nitrogens is 3.